The van der Waals surface area contributed by atoms with Gasteiger partial charge in [0, 0.05) is 6.04 Å². The Bertz CT molecular complexity index is 564. The van der Waals surface area contributed by atoms with Crippen LogP contribution in [0.2, 0.25) is 0 Å². The number of nitrogens with two attached hydrogens (primary N) is 1. The number of nitrogens with one attached hydrogen (secondary N) is 1. The molecule has 0 heterocycles. The van der Waals surface area contributed by atoms with E-state index in [9.17, 15) is 13.2 Å². The summed E-state index contributed by atoms with van der Waals surface area (Å²) >= 11 is 0. The molecule has 0 saturated heterocycles. The fourth-order valence-corrected chi connectivity index (χ4v) is 2.03. The van der Waals surface area contributed by atoms with Gasteiger partial charge in [0.1, 0.15) is 5.75 Å². The third-order valence-electron chi connectivity index (χ3n) is 2.76. The normalized spacial score (nSPS) is 16.7. The number of benzene rings is 1. The van der Waals surface area contributed by atoms with Crippen molar-refractivity contribution in [3.05, 3.63) is 24.3 Å². The maximum atomic E-state index is 11.7. The summed E-state index contributed by atoms with van der Waals surface area (Å²) in [6, 6.07) is 5.91. The number of hydrogen-bond donors (Lipinski definition) is 2. The van der Waals surface area contributed by atoms with Crippen molar-refractivity contribution in [1.29, 1.82) is 0 Å². The first-order valence-corrected chi connectivity index (χ1v) is 7.51. The molecule has 6 nitrogen and oxygen atoms in total. The average Bonchev–Trinajstić information content (AvgIpc) is 3.12. The Morgan fingerprint density at radius 3 is 2.42 bits per heavy atom. The van der Waals surface area contributed by atoms with Crippen LogP contribution in [0.15, 0.2) is 29.2 Å². The number of ether oxygens (including phenoxy) is 1. The van der Waals surface area contributed by atoms with Crippen molar-refractivity contribution in [2.45, 2.75) is 36.8 Å². The van der Waals surface area contributed by atoms with Crippen molar-refractivity contribution in [3.8, 4) is 5.75 Å². The first-order chi connectivity index (χ1) is 8.86. The minimum absolute atomic E-state index is 0.00920. The van der Waals surface area contributed by atoms with Gasteiger partial charge in [-0.1, -0.05) is 0 Å². The summed E-state index contributed by atoms with van der Waals surface area (Å²) in [5, 5.41) is 7.82. The lowest BCUT2D eigenvalue weighted by atomic mass is 10.3. The Hall–Kier alpha value is -1.60. The van der Waals surface area contributed by atoms with Crippen LogP contribution in [-0.2, 0) is 14.8 Å². The molecule has 3 N–H and O–H groups in total. The zero-order valence-corrected chi connectivity index (χ0v) is 11.3. The molecule has 0 bridgehead atoms. The van der Waals surface area contributed by atoms with Gasteiger partial charge in [0.25, 0.3) is 5.91 Å². The number of carbonyl (C=O) groups is 1. The lowest BCUT2D eigenvalue weighted by Gasteiger charge is -2.14. The second kappa shape index (κ2) is 5.18. The second-order valence-electron chi connectivity index (χ2n) is 4.56. The molecule has 1 amide bonds. The van der Waals surface area contributed by atoms with Crippen LogP contribution in [-0.4, -0.2) is 26.5 Å². The molecular weight excluding hydrogens is 268 g/mol. The molecular formula is C12H16N2O4S. The van der Waals surface area contributed by atoms with Crippen LogP contribution in [0.3, 0.4) is 0 Å². The molecule has 1 unspecified atom stereocenters. The summed E-state index contributed by atoms with van der Waals surface area (Å²) in [5.74, 6) is 0.254. The monoisotopic (exact) mass is 284 g/mol. The Morgan fingerprint density at radius 1 is 1.37 bits per heavy atom. The van der Waals surface area contributed by atoms with Gasteiger partial charge < -0.3 is 10.1 Å². The van der Waals surface area contributed by atoms with E-state index in [1.165, 1.54) is 24.3 Å². The fraction of sp³-hybridized carbons (Fsp3) is 0.417. The maximum Gasteiger partial charge on any atom is 0.260 e. The van der Waals surface area contributed by atoms with Gasteiger partial charge in [-0.25, -0.2) is 13.6 Å². The highest BCUT2D eigenvalue weighted by Gasteiger charge is 2.26. The van der Waals surface area contributed by atoms with Gasteiger partial charge in [0.05, 0.1) is 4.90 Å². The van der Waals surface area contributed by atoms with E-state index in [1.54, 1.807) is 6.92 Å². The summed E-state index contributed by atoms with van der Waals surface area (Å²) < 4.78 is 27.6. The van der Waals surface area contributed by atoms with Crippen LogP contribution in [0, 0.1) is 0 Å². The van der Waals surface area contributed by atoms with Gasteiger partial charge >= 0.3 is 0 Å². The van der Waals surface area contributed by atoms with E-state index >= 15 is 0 Å². The summed E-state index contributed by atoms with van der Waals surface area (Å²) in [4.78, 5) is 11.7. The highest BCUT2D eigenvalue weighted by atomic mass is 32.2. The second-order valence-corrected chi connectivity index (χ2v) is 6.12. The third-order valence-corrected chi connectivity index (χ3v) is 3.69. The summed E-state index contributed by atoms with van der Waals surface area (Å²) in [6.07, 6.45) is 1.41. The van der Waals surface area contributed by atoms with Crippen molar-refractivity contribution >= 4 is 15.9 Å². The molecule has 0 radical (unpaired) electrons. The predicted molar refractivity (Wildman–Crippen MR) is 69.1 cm³/mol. The zero-order chi connectivity index (χ0) is 14.0. The zero-order valence-electron chi connectivity index (χ0n) is 10.5. The van der Waals surface area contributed by atoms with Crippen molar-refractivity contribution in [1.82, 2.24) is 5.32 Å². The van der Waals surface area contributed by atoms with Crippen LogP contribution in [0.4, 0.5) is 0 Å². The van der Waals surface area contributed by atoms with Crippen LogP contribution < -0.4 is 15.2 Å². The maximum absolute atomic E-state index is 11.7. The number of primary sulfonamides is 1. The number of amides is 1. The molecule has 1 aliphatic carbocycles. The molecule has 1 aromatic rings. The van der Waals surface area contributed by atoms with Gasteiger partial charge in [-0.2, -0.15) is 0 Å². The highest BCUT2D eigenvalue weighted by Crippen LogP contribution is 2.20. The quantitative estimate of drug-likeness (QED) is 0.816. The van der Waals surface area contributed by atoms with E-state index in [0.29, 0.717) is 5.75 Å². The Labute approximate surface area is 112 Å². The molecule has 1 fully saturated rings. The smallest absolute Gasteiger partial charge is 0.260 e. The van der Waals surface area contributed by atoms with Crippen LogP contribution >= 0.6 is 0 Å². The van der Waals surface area contributed by atoms with Crippen LogP contribution in [0.1, 0.15) is 19.8 Å². The standard InChI is InChI=1S/C12H16N2O4S/c1-8(12(15)14-9-2-3-9)18-10-4-6-11(7-5-10)19(13,16)17/h4-9H,2-3H2,1H3,(H,14,15)(H2,13,16,17). The van der Waals surface area contributed by atoms with Crippen LogP contribution in [0.25, 0.3) is 0 Å². The Morgan fingerprint density at radius 2 is 1.95 bits per heavy atom. The number of hydrogen-bond acceptors (Lipinski definition) is 4. The molecule has 0 spiro atoms. The molecule has 19 heavy (non-hydrogen) atoms. The van der Waals surface area contributed by atoms with Gasteiger partial charge in [-0.3, -0.25) is 4.79 Å². The van der Waals surface area contributed by atoms with Crippen LogP contribution in [0.5, 0.6) is 5.75 Å². The number of carbonyl (C=O) groups excluding carboxylic acids is 1. The summed E-state index contributed by atoms with van der Waals surface area (Å²) in [6.45, 7) is 1.64. The molecule has 1 atom stereocenters. The summed E-state index contributed by atoms with van der Waals surface area (Å²) in [5.41, 5.74) is 0. The van der Waals surface area contributed by atoms with Gasteiger partial charge in [0.15, 0.2) is 6.10 Å². The SMILES string of the molecule is CC(Oc1ccc(S(N)(=O)=O)cc1)C(=O)NC1CC1. The van der Waals surface area contributed by atoms with E-state index in [0.717, 1.165) is 12.8 Å². The van der Waals surface area contributed by atoms with Gasteiger partial charge in [0.2, 0.25) is 10.0 Å². The first-order valence-electron chi connectivity index (χ1n) is 5.96. The molecule has 0 aliphatic heterocycles. The fourth-order valence-electron chi connectivity index (χ4n) is 1.51. The summed E-state index contributed by atoms with van der Waals surface area (Å²) in [7, 11) is -3.71. The topological polar surface area (TPSA) is 98.5 Å². The Balaban J connectivity index is 1.96. The average molecular weight is 284 g/mol. The van der Waals surface area contributed by atoms with Gasteiger partial charge in [-0.15, -0.1) is 0 Å². The molecule has 1 aliphatic rings. The number of sulfonamides is 1. The number of rotatable bonds is 5. The van der Waals surface area contributed by atoms with Crippen molar-refractivity contribution < 1.29 is 17.9 Å². The van der Waals surface area contributed by atoms with E-state index in [4.69, 9.17) is 9.88 Å². The van der Waals surface area contributed by atoms with Crippen molar-refractivity contribution in [3.63, 3.8) is 0 Å². The minimum atomic E-state index is -3.71. The van der Waals surface area contributed by atoms with E-state index < -0.39 is 16.1 Å². The molecule has 104 valence electrons. The molecule has 0 aromatic heterocycles. The van der Waals surface area contributed by atoms with Crippen molar-refractivity contribution in [2.24, 2.45) is 5.14 Å². The minimum Gasteiger partial charge on any atom is -0.481 e. The van der Waals surface area contributed by atoms with Gasteiger partial charge in [-0.05, 0) is 44.0 Å². The largest absolute Gasteiger partial charge is 0.481 e. The van der Waals surface area contributed by atoms with E-state index in [2.05, 4.69) is 5.32 Å². The van der Waals surface area contributed by atoms with E-state index in [-0.39, 0.29) is 16.8 Å². The molecule has 1 aromatic carbocycles. The lowest BCUT2D eigenvalue weighted by Crippen LogP contribution is -2.37. The highest BCUT2D eigenvalue weighted by molar-refractivity contribution is 7.89. The molecule has 7 heteroatoms. The van der Waals surface area contributed by atoms with E-state index in [1.807, 2.05) is 0 Å². The van der Waals surface area contributed by atoms with Crippen molar-refractivity contribution in [2.75, 3.05) is 0 Å². The molecule has 1 saturated carbocycles. The first kappa shape index (κ1) is 13.8. The molecule has 2 rings (SSSR count). The Kier molecular flexibility index (Phi) is 3.77. The predicted octanol–water partition coefficient (Wildman–Crippen LogP) is 0.380. The third kappa shape index (κ3) is 3.93. The lowest BCUT2D eigenvalue weighted by molar-refractivity contribution is -0.127.